The van der Waals surface area contributed by atoms with Gasteiger partial charge in [0.2, 0.25) is 0 Å². The van der Waals surface area contributed by atoms with E-state index in [0.29, 0.717) is 6.29 Å². The van der Waals surface area contributed by atoms with Crippen LogP contribution in [0.15, 0.2) is 36.4 Å². The van der Waals surface area contributed by atoms with E-state index in [1.165, 1.54) is 25.3 Å². The number of benzene rings is 1. The first-order valence-electron chi connectivity index (χ1n) is 5.34. The van der Waals surface area contributed by atoms with Crippen molar-refractivity contribution in [2.45, 2.75) is 6.92 Å². The molecule has 0 spiro atoms. The molecule has 0 bridgehead atoms. The molecule has 0 radical (unpaired) electrons. The van der Waals surface area contributed by atoms with Gasteiger partial charge in [-0.3, -0.25) is 9.59 Å². The normalized spacial score (nSPS) is 11.0. The Morgan fingerprint density at radius 1 is 1.33 bits per heavy atom. The minimum atomic E-state index is -0.378. The van der Waals surface area contributed by atoms with E-state index in [1.54, 1.807) is 18.2 Å². The Bertz CT molecular complexity index is 513. The molecule has 0 heterocycles. The first kappa shape index (κ1) is 13.7. The molecule has 0 atom stereocenters. The molecular weight excluding hydrogens is 232 g/mol. The molecule has 1 aromatic carbocycles. The number of rotatable bonds is 5. The predicted molar refractivity (Wildman–Crippen MR) is 68.3 cm³/mol. The minimum absolute atomic E-state index is 0.0682. The summed E-state index contributed by atoms with van der Waals surface area (Å²) in [5.41, 5.74) is 0.289. The molecule has 0 aliphatic heterocycles. The molecule has 0 aromatic heterocycles. The van der Waals surface area contributed by atoms with Crippen LogP contribution in [0.1, 0.15) is 27.6 Å². The Morgan fingerprint density at radius 2 is 2.06 bits per heavy atom. The highest BCUT2D eigenvalue weighted by Crippen LogP contribution is 2.27. The Hall–Kier alpha value is -2.36. The summed E-state index contributed by atoms with van der Waals surface area (Å²) in [5, 5.41) is 9.70. The third-order valence-corrected chi connectivity index (χ3v) is 2.29. The van der Waals surface area contributed by atoms with Crippen molar-refractivity contribution in [2.75, 3.05) is 7.11 Å². The lowest BCUT2D eigenvalue weighted by Gasteiger charge is -2.07. The molecule has 0 saturated heterocycles. The number of phenols is 1. The van der Waals surface area contributed by atoms with E-state index in [2.05, 4.69) is 0 Å². The maximum Gasteiger partial charge on any atom is 0.189 e. The zero-order valence-electron chi connectivity index (χ0n) is 10.2. The first-order valence-corrected chi connectivity index (χ1v) is 5.34. The van der Waals surface area contributed by atoms with Crippen molar-refractivity contribution in [2.24, 2.45) is 0 Å². The molecule has 94 valence electrons. The van der Waals surface area contributed by atoms with Crippen LogP contribution in [-0.2, 0) is 0 Å². The van der Waals surface area contributed by atoms with Gasteiger partial charge >= 0.3 is 0 Å². The van der Waals surface area contributed by atoms with Crippen molar-refractivity contribution in [3.05, 3.63) is 47.6 Å². The van der Waals surface area contributed by atoms with E-state index >= 15 is 0 Å². The summed E-state index contributed by atoms with van der Waals surface area (Å²) < 4.78 is 4.92. The fourth-order valence-corrected chi connectivity index (χ4v) is 1.40. The fraction of sp³-hybridized carbons (Fsp3) is 0.143. The average molecular weight is 246 g/mol. The highest BCUT2D eigenvalue weighted by molar-refractivity contribution is 6.07. The maximum absolute atomic E-state index is 11.8. The van der Waals surface area contributed by atoms with Gasteiger partial charge in [0.05, 0.1) is 18.2 Å². The van der Waals surface area contributed by atoms with Crippen LogP contribution in [-0.4, -0.2) is 24.3 Å². The van der Waals surface area contributed by atoms with Gasteiger partial charge in [0, 0.05) is 6.07 Å². The van der Waals surface area contributed by atoms with Crippen molar-refractivity contribution in [1.82, 2.24) is 0 Å². The summed E-state index contributed by atoms with van der Waals surface area (Å²) in [6.45, 7) is 1.82. The monoisotopic (exact) mass is 246 g/mol. The fourth-order valence-electron chi connectivity index (χ4n) is 1.40. The summed E-state index contributed by atoms with van der Waals surface area (Å²) in [5.74, 6) is -0.361. The van der Waals surface area contributed by atoms with Crippen LogP contribution in [0, 0.1) is 0 Å². The number of allylic oxidation sites excluding steroid dienone is 4. The number of hydrogen-bond donors (Lipinski definition) is 1. The number of aldehydes is 1. The Labute approximate surface area is 105 Å². The molecule has 0 saturated carbocycles. The van der Waals surface area contributed by atoms with E-state index in [-0.39, 0.29) is 28.4 Å². The lowest BCUT2D eigenvalue weighted by atomic mass is 10.0. The van der Waals surface area contributed by atoms with Gasteiger partial charge < -0.3 is 9.84 Å². The van der Waals surface area contributed by atoms with Crippen molar-refractivity contribution >= 4 is 12.1 Å². The Morgan fingerprint density at radius 3 is 2.61 bits per heavy atom. The molecule has 0 fully saturated rings. The van der Waals surface area contributed by atoms with Gasteiger partial charge in [0.25, 0.3) is 0 Å². The summed E-state index contributed by atoms with van der Waals surface area (Å²) >= 11 is 0. The second-order valence-corrected chi connectivity index (χ2v) is 3.48. The molecule has 0 aliphatic carbocycles. The van der Waals surface area contributed by atoms with E-state index in [4.69, 9.17) is 4.74 Å². The molecule has 0 unspecified atom stereocenters. The quantitative estimate of drug-likeness (QED) is 0.375. The van der Waals surface area contributed by atoms with Crippen LogP contribution < -0.4 is 4.74 Å². The lowest BCUT2D eigenvalue weighted by Crippen LogP contribution is -1.99. The van der Waals surface area contributed by atoms with Crippen LogP contribution in [0.25, 0.3) is 0 Å². The number of ketones is 1. The Balaban J connectivity index is 3.17. The number of phenolic OH excluding ortho intramolecular Hbond substituents is 1. The number of ether oxygens (including phenoxy) is 1. The van der Waals surface area contributed by atoms with Crippen molar-refractivity contribution in [3.8, 4) is 11.5 Å². The zero-order chi connectivity index (χ0) is 13.5. The molecular formula is C14H14O4. The molecule has 18 heavy (non-hydrogen) atoms. The molecule has 0 amide bonds. The minimum Gasteiger partial charge on any atom is -0.507 e. The second kappa shape index (κ2) is 6.39. The number of carbonyl (C=O) groups is 2. The number of methoxy groups -OCH3 is 1. The number of carbonyl (C=O) groups excluding carboxylic acids is 2. The summed E-state index contributed by atoms with van der Waals surface area (Å²) in [6, 6.07) is 2.56. The highest BCUT2D eigenvalue weighted by Gasteiger charge is 2.13. The van der Waals surface area contributed by atoms with Gasteiger partial charge in [0.15, 0.2) is 12.1 Å². The van der Waals surface area contributed by atoms with Crippen molar-refractivity contribution in [1.29, 1.82) is 0 Å². The van der Waals surface area contributed by atoms with Gasteiger partial charge in [-0.1, -0.05) is 18.2 Å². The van der Waals surface area contributed by atoms with Crippen molar-refractivity contribution < 1.29 is 19.4 Å². The van der Waals surface area contributed by atoms with Crippen LogP contribution in [0.4, 0.5) is 0 Å². The maximum atomic E-state index is 11.8. The predicted octanol–water partition coefficient (Wildman–Crippen LogP) is 2.53. The van der Waals surface area contributed by atoms with Gasteiger partial charge in [-0.05, 0) is 19.1 Å². The zero-order valence-corrected chi connectivity index (χ0v) is 10.2. The van der Waals surface area contributed by atoms with Crippen LogP contribution in [0.5, 0.6) is 11.5 Å². The standard InChI is InChI=1S/C14H14O4/c1-3-4-5-6-12(16)11-7-10(9-15)14(18-2)8-13(11)17/h3-9,17H,1-2H3. The third kappa shape index (κ3) is 3.07. The summed E-state index contributed by atoms with van der Waals surface area (Å²) in [7, 11) is 1.38. The van der Waals surface area contributed by atoms with E-state index in [9.17, 15) is 14.7 Å². The van der Waals surface area contributed by atoms with Gasteiger partial charge in [-0.25, -0.2) is 0 Å². The number of aromatic hydroxyl groups is 1. The smallest absolute Gasteiger partial charge is 0.189 e. The van der Waals surface area contributed by atoms with Crippen LogP contribution in [0.2, 0.25) is 0 Å². The largest absolute Gasteiger partial charge is 0.507 e. The molecule has 4 heteroatoms. The van der Waals surface area contributed by atoms with Crippen LogP contribution in [0.3, 0.4) is 0 Å². The molecule has 0 aliphatic rings. The van der Waals surface area contributed by atoms with Crippen LogP contribution >= 0.6 is 0 Å². The van der Waals surface area contributed by atoms with E-state index in [0.717, 1.165) is 0 Å². The molecule has 4 nitrogen and oxygen atoms in total. The first-order chi connectivity index (χ1) is 8.63. The Kier molecular flexibility index (Phi) is 4.87. The lowest BCUT2D eigenvalue weighted by molar-refractivity contribution is 0.104. The number of hydrogen-bond acceptors (Lipinski definition) is 4. The van der Waals surface area contributed by atoms with Crippen molar-refractivity contribution in [3.63, 3.8) is 0 Å². The molecule has 1 aromatic rings. The summed E-state index contributed by atoms with van der Waals surface area (Å²) in [6.07, 6.45) is 6.92. The van der Waals surface area contributed by atoms with E-state index < -0.39 is 0 Å². The van der Waals surface area contributed by atoms with Gasteiger partial charge in [-0.2, -0.15) is 0 Å². The van der Waals surface area contributed by atoms with E-state index in [1.807, 2.05) is 6.92 Å². The topological polar surface area (TPSA) is 63.6 Å². The highest BCUT2D eigenvalue weighted by atomic mass is 16.5. The molecule has 1 N–H and O–H groups in total. The van der Waals surface area contributed by atoms with Gasteiger partial charge in [-0.15, -0.1) is 0 Å². The second-order valence-electron chi connectivity index (χ2n) is 3.48. The average Bonchev–Trinajstić information content (AvgIpc) is 2.38. The van der Waals surface area contributed by atoms with Gasteiger partial charge in [0.1, 0.15) is 11.5 Å². The SMILES string of the molecule is CC=CC=CC(=O)c1cc(C=O)c(OC)cc1O. The third-order valence-electron chi connectivity index (χ3n) is 2.29. The summed E-state index contributed by atoms with van der Waals surface area (Å²) in [4.78, 5) is 22.6. The molecule has 1 rings (SSSR count).